The van der Waals surface area contributed by atoms with Gasteiger partial charge in [-0.05, 0) is 40.3 Å². The van der Waals surface area contributed by atoms with Crippen LogP contribution in [0.15, 0.2) is 35.3 Å². The number of H-pyrrole nitrogens is 1. The first kappa shape index (κ1) is 11.6. The molecule has 0 saturated heterocycles. The normalized spacial score (nSPS) is 10.4. The van der Waals surface area contributed by atoms with Crippen LogP contribution in [0.4, 0.5) is 0 Å². The minimum atomic E-state index is -0.104. The van der Waals surface area contributed by atoms with Gasteiger partial charge in [0.05, 0.1) is 3.57 Å². The molecule has 0 fully saturated rings. The zero-order chi connectivity index (χ0) is 11.5. The van der Waals surface area contributed by atoms with E-state index in [0.717, 1.165) is 5.56 Å². The Morgan fingerprint density at radius 1 is 1.44 bits per heavy atom. The molecule has 0 atom stereocenters. The van der Waals surface area contributed by atoms with Crippen LogP contribution in [0.2, 0.25) is 5.02 Å². The molecule has 1 aromatic carbocycles. The number of benzene rings is 1. The summed E-state index contributed by atoms with van der Waals surface area (Å²) in [6.07, 6.45) is 2.14. The molecule has 0 bridgehead atoms. The zero-order valence-corrected chi connectivity index (χ0v) is 11.1. The lowest BCUT2D eigenvalue weighted by Gasteiger charge is -2.01. The molecule has 0 aliphatic heterocycles. The Morgan fingerprint density at radius 2 is 2.25 bits per heavy atom. The van der Waals surface area contributed by atoms with Gasteiger partial charge in [0.2, 0.25) is 0 Å². The summed E-state index contributed by atoms with van der Waals surface area (Å²) in [6, 6.07) is 7.50. The quantitative estimate of drug-likeness (QED) is 0.850. The van der Waals surface area contributed by atoms with Crippen LogP contribution in [-0.4, -0.2) is 9.97 Å². The molecule has 5 heteroatoms. The lowest BCUT2D eigenvalue weighted by Crippen LogP contribution is -2.13. The Bertz CT molecular complexity index is 568. The highest BCUT2D eigenvalue weighted by Gasteiger charge is 2.01. The summed E-state index contributed by atoms with van der Waals surface area (Å²) in [4.78, 5) is 18.3. The minimum Gasteiger partial charge on any atom is -0.309 e. The highest BCUT2D eigenvalue weighted by molar-refractivity contribution is 14.1. The van der Waals surface area contributed by atoms with Gasteiger partial charge in [-0.3, -0.25) is 4.79 Å². The van der Waals surface area contributed by atoms with E-state index in [9.17, 15) is 4.79 Å². The third kappa shape index (κ3) is 2.82. The molecule has 0 saturated carbocycles. The fraction of sp³-hybridized carbons (Fsp3) is 0.0909. The van der Waals surface area contributed by atoms with Crippen molar-refractivity contribution in [2.24, 2.45) is 0 Å². The Kier molecular flexibility index (Phi) is 3.60. The van der Waals surface area contributed by atoms with Crippen LogP contribution < -0.4 is 5.56 Å². The van der Waals surface area contributed by atoms with Crippen molar-refractivity contribution in [2.45, 2.75) is 6.42 Å². The van der Waals surface area contributed by atoms with Gasteiger partial charge < -0.3 is 4.98 Å². The van der Waals surface area contributed by atoms with Crippen molar-refractivity contribution >= 4 is 34.2 Å². The van der Waals surface area contributed by atoms with E-state index in [1.807, 2.05) is 46.9 Å². The highest BCUT2D eigenvalue weighted by Crippen LogP contribution is 2.12. The third-order valence-electron chi connectivity index (χ3n) is 2.07. The van der Waals surface area contributed by atoms with E-state index >= 15 is 0 Å². The van der Waals surface area contributed by atoms with Gasteiger partial charge in [0, 0.05) is 17.6 Å². The van der Waals surface area contributed by atoms with E-state index in [1.54, 1.807) is 6.20 Å². The van der Waals surface area contributed by atoms with Crippen LogP contribution in [0, 0.1) is 3.57 Å². The molecule has 0 amide bonds. The van der Waals surface area contributed by atoms with E-state index in [0.29, 0.717) is 20.8 Å². The second-order valence-electron chi connectivity index (χ2n) is 3.31. The molecule has 1 N–H and O–H groups in total. The van der Waals surface area contributed by atoms with Gasteiger partial charge in [-0.15, -0.1) is 0 Å². The van der Waals surface area contributed by atoms with Crippen molar-refractivity contribution in [1.82, 2.24) is 9.97 Å². The smallest absolute Gasteiger partial charge is 0.264 e. The largest absolute Gasteiger partial charge is 0.309 e. The first-order chi connectivity index (χ1) is 7.65. The standard InChI is InChI=1S/C11H8ClIN2O/c12-8-3-1-2-7(4-8)5-10-14-6-9(13)11(16)15-10/h1-4,6H,5H2,(H,14,15,16). The number of hydrogen-bond donors (Lipinski definition) is 1. The molecule has 16 heavy (non-hydrogen) atoms. The van der Waals surface area contributed by atoms with Crippen molar-refractivity contribution in [3.63, 3.8) is 0 Å². The van der Waals surface area contributed by atoms with Gasteiger partial charge in [0.25, 0.3) is 5.56 Å². The van der Waals surface area contributed by atoms with Gasteiger partial charge in [-0.2, -0.15) is 0 Å². The number of halogens is 2. The van der Waals surface area contributed by atoms with E-state index in [-0.39, 0.29) is 5.56 Å². The first-order valence-electron chi connectivity index (χ1n) is 4.63. The molecule has 2 rings (SSSR count). The maximum absolute atomic E-state index is 11.4. The molecule has 82 valence electrons. The average Bonchev–Trinajstić information content (AvgIpc) is 2.24. The predicted molar refractivity (Wildman–Crippen MR) is 71.8 cm³/mol. The maximum atomic E-state index is 11.4. The summed E-state index contributed by atoms with van der Waals surface area (Å²) in [5.41, 5.74) is 0.921. The predicted octanol–water partition coefficient (Wildman–Crippen LogP) is 2.62. The van der Waals surface area contributed by atoms with Gasteiger partial charge in [-0.1, -0.05) is 23.7 Å². The molecule has 1 heterocycles. The van der Waals surface area contributed by atoms with E-state index in [2.05, 4.69) is 9.97 Å². The first-order valence-corrected chi connectivity index (χ1v) is 6.09. The maximum Gasteiger partial charge on any atom is 0.264 e. The summed E-state index contributed by atoms with van der Waals surface area (Å²) in [5.74, 6) is 0.646. The molecule has 0 aliphatic rings. The molecule has 0 aliphatic carbocycles. The van der Waals surface area contributed by atoms with Crippen LogP contribution in [0.3, 0.4) is 0 Å². The molecule has 0 radical (unpaired) electrons. The van der Waals surface area contributed by atoms with Crippen molar-refractivity contribution in [1.29, 1.82) is 0 Å². The van der Waals surface area contributed by atoms with Crippen LogP contribution in [0.1, 0.15) is 11.4 Å². The molecular weight excluding hydrogens is 338 g/mol. The van der Waals surface area contributed by atoms with Gasteiger partial charge in [0.1, 0.15) is 5.82 Å². The van der Waals surface area contributed by atoms with E-state index in [1.165, 1.54) is 0 Å². The molecule has 0 unspecified atom stereocenters. The molecule has 2 aromatic rings. The topological polar surface area (TPSA) is 45.8 Å². The Morgan fingerprint density at radius 3 is 2.94 bits per heavy atom. The van der Waals surface area contributed by atoms with Crippen molar-refractivity contribution < 1.29 is 0 Å². The Balaban J connectivity index is 2.27. The van der Waals surface area contributed by atoms with Crippen LogP contribution in [0.5, 0.6) is 0 Å². The second kappa shape index (κ2) is 4.97. The minimum absolute atomic E-state index is 0.104. The van der Waals surface area contributed by atoms with Gasteiger partial charge in [0.15, 0.2) is 0 Å². The fourth-order valence-electron chi connectivity index (χ4n) is 1.35. The molecule has 3 nitrogen and oxygen atoms in total. The molecule has 0 spiro atoms. The highest BCUT2D eigenvalue weighted by atomic mass is 127. The summed E-state index contributed by atoms with van der Waals surface area (Å²) in [5, 5.41) is 0.686. The Labute approximate surface area is 111 Å². The van der Waals surface area contributed by atoms with Crippen molar-refractivity contribution in [2.75, 3.05) is 0 Å². The van der Waals surface area contributed by atoms with Crippen LogP contribution >= 0.6 is 34.2 Å². The summed E-state index contributed by atoms with van der Waals surface area (Å²) < 4.78 is 0.590. The molecule has 1 aromatic heterocycles. The fourth-order valence-corrected chi connectivity index (χ4v) is 1.83. The SMILES string of the molecule is O=c1[nH]c(Cc2cccc(Cl)c2)ncc1I. The van der Waals surface area contributed by atoms with Crippen LogP contribution in [0.25, 0.3) is 0 Å². The van der Waals surface area contributed by atoms with Crippen LogP contribution in [-0.2, 0) is 6.42 Å². The summed E-state index contributed by atoms with van der Waals surface area (Å²) in [6.45, 7) is 0. The van der Waals surface area contributed by atoms with Crippen molar-refractivity contribution in [3.8, 4) is 0 Å². The summed E-state index contributed by atoms with van der Waals surface area (Å²) in [7, 11) is 0. The van der Waals surface area contributed by atoms with Gasteiger partial charge in [-0.25, -0.2) is 4.98 Å². The number of hydrogen-bond acceptors (Lipinski definition) is 2. The summed E-state index contributed by atoms with van der Waals surface area (Å²) >= 11 is 7.82. The monoisotopic (exact) mass is 346 g/mol. The number of nitrogens with zero attached hydrogens (tertiary/aromatic N) is 1. The number of aromatic amines is 1. The number of nitrogens with one attached hydrogen (secondary N) is 1. The zero-order valence-electron chi connectivity index (χ0n) is 8.21. The number of aromatic nitrogens is 2. The Hall–Kier alpha value is -0.880. The second-order valence-corrected chi connectivity index (χ2v) is 4.91. The van der Waals surface area contributed by atoms with E-state index < -0.39 is 0 Å². The number of rotatable bonds is 2. The lowest BCUT2D eigenvalue weighted by molar-refractivity contribution is 0.937. The van der Waals surface area contributed by atoms with Gasteiger partial charge >= 0.3 is 0 Å². The third-order valence-corrected chi connectivity index (χ3v) is 3.07. The average molecular weight is 347 g/mol. The molecular formula is C11H8ClIN2O. The van der Waals surface area contributed by atoms with E-state index in [4.69, 9.17) is 11.6 Å². The lowest BCUT2D eigenvalue weighted by atomic mass is 10.1. The van der Waals surface area contributed by atoms with Crippen molar-refractivity contribution in [3.05, 3.63) is 60.8 Å².